The molecule has 0 heterocycles. The molecule has 78 valence electrons. The summed E-state index contributed by atoms with van der Waals surface area (Å²) in [7, 11) is 0. The normalized spacial score (nSPS) is 8.64. The fraction of sp³-hybridized carbons (Fsp3) is 0.600. The molecule has 0 rings (SSSR count). The average Bonchev–Trinajstić information content (AvgIpc) is 2.14. The second-order valence-electron chi connectivity index (χ2n) is 2.91. The fourth-order valence-electron chi connectivity index (χ4n) is 0.991. The lowest BCUT2D eigenvalue weighted by Crippen LogP contribution is -2.21. The number of carboxylic acid groups (broad SMARTS) is 1. The highest BCUT2D eigenvalue weighted by molar-refractivity contribution is 5.69. The molecule has 0 saturated carbocycles. The van der Waals surface area contributed by atoms with Crippen LogP contribution in [0.1, 0.15) is 32.6 Å². The first-order valence-corrected chi connectivity index (χ1v) is 4.65. The largest absolute Gasteiger partial charge is 0.480 e. The second-order valence-corrected chi connectivity index (χ2v) is 2.91. The molecule has 0 aliphatic heterocycles. The van der Waals surface area contributed by atoms with Crippen molar-refractivity contribution >= 4 is 11.9 Å². The summed E-state index contributed by atoms with van der Waals surface area (Å²) in [5, 5.41) is 11.0. The highest BCUT2D eigenvalue weighted by atomic mass is 16.4. The summed E-state index contributed by atoms with van der Waals surface area (Å²) < 4.78 is 0. The van der Waals surface area contributed by atoms with Crippen LogP contribution in [0.25, 0.3) is 0 Å². The molecule has 2 N–H and O–H groups in total. The Bertz CT molecular complexity index is 261. The Morgan fingerprint density at radius 2 is 2.14 bits per heavy atom. The summed E-state index contributed by atoms with van der Waals surface area (Å²) in [5.41, 5.74) is 2.86. The summed E-state index contributed by atoms with van der Waals surface area (Å²) in [4.78, 5) is 20.3. The average molecular weight is 197 g/mol. The van der Waals surface area contributed by atoms with Gasteiger partial charge in [-0.3, -0.25) is 4.79 Å². The molecular formula is C10H15NO3. The Labute approximate surface area is 83.3 Å². The van der Waals surface area contributed by atoms with Crippen LogP contribution in [0, 0.1) is 0 Å². The number of aliphatic carboxylic acids is 1. The van der Waals surface area contributed by atoms with Gasteiger partial charge in [-0.15, -0.1) is 0 Å². The number of nitrogens with one attached hydrogen (secondary N) is 1. The van der Waals surface area contributed by atoms with E-state index in [-0.39, 0.29) is 6.54 Å². The summed E-state index contributed by atoms with van der Waals surface area (Å²) in [5.74, 6) is 0.573. The summed E-state index contributed by atoms with van der Waals surface area (Å²) in [6.07, 6.45) is 3.71. The molecule has 14 heavy (non-hydrogen) atoms. The van der Waals surface area contributed by atoms with Gasteiger partial charge in [-0.2, -0.15) is 0 Å². The third-order valence-electron chi connectivity index (χ3n) is 1.69. The Morgan fingerprint density at radius 3 is 2.64 bits per heavy atom. The van der Waals surface area contributed by atoms with Crippen LogP contribution in [0.15, 0.2) is 11.4 Å². The molecule has 0 bridgehead atoms. The van der Waals surface area contributed by atoms with Crippen LogP contribution in [-0.4, -0.2) is 23.6 Å². The van der Waals surface area contributed by atoms with Gasteiger partial charge in [0.2, 0.25) is 0 Å². The maximum absolute atomic E-state index is 10.2. The van der Waals surface area contributed by atoms with Crippen LogP contribution in [0.5, 0.6) is 0 Å². The minimum atomic E-state index is -0.953. The lowest BCUT2D eigenvalue weighted by Gasteiger charge is -2.04. The van der Waals surface area contributed by atoms with Gasteiger partial charge in [0, 0.05) is 0 Å². The van der Waals surface area contributed by atoms with E-state index in [0.29, 0.717) is 12.1 Å². The van der Waals surface area contributed by atoms with Crippen molar-refractivity contribution < 1.29 is 14.7 Å². The molecule has 0 aromatic rings. The standard InChI is InChI=1S/C10H15NO3/c1-2-3-4-5-9(6-7-12)11-8-10(13)14/h11H,2-5,8H2,1H3,(H,13,14). The van der Waals surface area contributed by atoms with E-state index in [1.54, 1.807) is 0 Å². The number of allylic oxidation sites excluding steroid dienone is 1. The molecule has 0 aromatic heterocycles. The van der Waals surface area contributed by atoms with E-state index in [1.165, 1.54) is 5.94 Å². The first-order chi connectivity index (χ1) is 6.70. The van der Waals surface area contributed by atoms with E-state index in [0.717, 1.165) is 19.3 Å². The minimum absolute atomic E-state index is 0.184. The van der Waals surface area contributed by atoms with Crippen molar-refractivity contribution in [3.8, 4) is 0 Å². The smallest absolute Gasteiger partial charge is 0.322 e. The van der Waals surface area contributed by atoms with E-state index >= 15 is 0 Å². The third-order valence-corrected chi connectivity index (χ3v) is 1.69. The summed E-state index contributed by atoms with van der Waals surface area (Å²) in [6.45, 7) is 1.89. The molecule has 0 unspecified atom stereocenters. The zero-order valence-electron chi connectivity index (χ0n) is 8.30. The highest BCUT2D eigenvalue weighted by Gasteiger charge is 1.99. The number of unbranched alkanes of at least 4 members (excludes halogenated alkanes) is 2. The summed E-state index contributed by atoms with van der Waals surface area (Å²) in [6, 6.07) is 0. The van der Waals surface area contributed by atoms with E-state index in [2.05, 4.69) is 18.0 Å². The van der Waals surface area contributed by atoms with Gasteiger partial charge < -0.3 is 10.4 Å². The van der Waals surface area contributed by atoms with Crippen LogP contribution in [0.3, 0.4) is 0 Å². The van der Waals surface area contributed by atoms with Crippen molar-refractivity contribution in [2.24, 2.45) is 0 Å². The van der Waals surface area contributed by atoms with Gasteiger partial charge >= 0.3 is 5.97 Å². The molecular weight excluding hydrogens is 182 g/mol. The number of carbonyl (C=O) groups is 1. The van der Waals surface area contributed by atoms with Crippen molar-refractivity contribution in [2.75, 3.05) is 6.54 Å². The van der Waals surface area contributed by atoms with Crippen molar-refractivity contribution in [1.82, 2.24) is 5.32 Å². The van der Waals surface area contributed by atoms with Crippen LogP contribution in [-0.2, 0) is 9.59 Å². The summed E-state index contributed by atoms with van der Waals surface area (Å²) >= 11 is 0. The predicted molar refractivity (Wildman–Crippen MR) is 52.5 cm³/mol. The molecule has 0 saturated heterocycles. The monoisotopic (exact) mass is 197 g/mol. The molecule has 4 nitrogen and oxygen atoms in total. The first kappa shape index (κ1) is 12.5. The number of hydrogen-bond donors (Lipinski definition) is 2. The first-order valence-electron chi connectivity index (χ1n) is 4.65. The molecule has 4 heteroatoms. The Kier molecular flexibility index (Phi) is 7.24. The minimum Gasteiger partial charge on any atom is -0.480 e. The van der Waals surface area contributed by atoms with Crippen LogP contribution in [0.4, 0.5) is 0 Å². The quantitative estimate of drug-likeness (QED) is 0.364. The van der Waals surface area contributed by atoms with Gasteiger partial charge in [-0.05, 0) is 18.6 Å². The Hall–Kier alpha value is -1.50. The molecule has 0 fully saturated rings. The number of carboxylic acids is 1. The second kappa shape index (κ2) is 8.11. The molecule has 0 aliphatic rings. The highest BCUT2D eigenvalue weighted by Crippen LogP contribution is 2.04. The maximum atomic E-state index is 10.2. The van der Waals surface area contributed by atoms with Crippen LogP contribution >= 0.6 is 0 Å². The number of rotatable bonds is 7. The SMILES string of the molecule is CCCCCC(=C=C=O)NCC(=O)O. The van der Waals surface area contributed by atoms with Crippen molar-refractivity contribution in [1.29, 1.82) is 0 Å². The fourth-order valence-corrected chi connectivity index (χ4v) is 0.991. The molecule has 0 atom stereocenters. The number of hydrogen-bond acceptors (Lipinski definition) is 3. The zero-order chi connectivity index (χ0) is 10.8. The predicted octanol–water partition coefficient (Wildman–Crippen LogP) is 1.11. The Balaban J connectivity index is 3.98. The molecule has 0 amide bonds. The Morgan fingerprint density at radius 1 is 1.43 bits per heavy atom. The van der Waals surface area contributed by atoms with Gasteiger partial charge in [0.25, 0.3) is 0 Å². The molecule has 0 aliphatic carbocycles. The van der Waals surface area contributed by atoms with E-state index in [9.17, 15) is 9.59 Å². The number of carbonyl (C=O) groups excluding carboxylic acids is 1. The van der Waals surface area contributed by atoms with Gasteiger partial charge in [-0.1, -0.05) is 19.8 Å². The van der Waals surface area contributed by atoms with E-state index < -0.39 is 5.97 Å². The molecule has 0 aromatic carbocycles. The van der Waals surface area contributed by atoms with E-state index in [1.807, 2.05) is 0 Å². The van der Waals surface area contributed by atoms with Gasteiger partial charge in [0.05, 0.1) is 5.70 Å². The van der Waals surface area contributed by atoms with Crippen LogP contribution in [0.2, 0.25) is 0 Å². The van der Waals surface area contributed by atoms with Crippen LogP contribution < -0.4 is 5.32 Å². The van der Waals surface area contributed by atoms with Crippen molar-refractivity contribution in [2.45, 2.75) is 32.6 Å². The lowest BCUT2D eigenvalue weighted by molar-refractivity contribution is -0.135. The molecule has 0 spiro atoms. The third kappa shape index (κ3) is 7.17. The lowest BCUT2D eigenvalue weighted by atomic mass is 10.1. The topological polar surface area (TPSA) is 66.4 Å². The van der Waals surface area contributed by atoms with E-state index in [4.69, 9.17) is 5.11 Å². The van der Waals surface area contributed by atoms with Gasteiger partial charge in [0.15, 0.2) is 5.94 Å². The van der Waals surface area contributed by atoms with Crippen molar-refractivity contribution in [3.05, 3.63) is 11.4 Å². The van der Waals surface area contributed by atoms with Gasteiger partial charge in [0.1, 0.15) is 6.54 Å². The zero-order valence-corrected chi connectivity index (χ0v) is 8.30. The maximum Gasteiger partial charge on any atom is 0.322 e. The van der Waals surface area contributed by atoms with Crippen molar-refractivity contribution in [3.63, 3.8) is 0 Å². The molecule has 0 radical (unpaired) electrons. The van der Waals surface area contributed by atoms with Gasteiger partial charge in [-0.25, -0.2) is 4.79 Å².